The number of benzene rings is 1. The van der Waals surface area contributed by atoms with Crippen molar-refractivity contribution >= 4 is 22.6 Å². The maximum atomic E-state index is 15.0. The lowest BCUT2D eigenvalue weighted by molar-refractivity contribution is -0.0811. The number of carbonyl (C=O) groups is 1. The Morgan fingerprint density at radius 3 is 2.57 bits per heavy atom. The lowest BCUT2D eigenvalue weighted by atomic mass is 9.90. The SMILES string of the molecule is CC(C)(C)n1cc(C(=O)O)c(=O)c2cc(F)c(N3CC4NCCC(F)(F)C4C3)cc21. The summed E-state index contributed by atoms with van der Waals surface area (Å²) in [5.74, 6) is -5.85. The molecule has 162 valence electrons. The molecule has 2 saturated heterocycles. The maximum absolute atomic E-state index is 15.0. The lowest BCUT2D eigenvalue weighted by Gasteiger charge is -2.33. The van der Waals surface area contributed by atoms with Crippen LogP contribution in [-0.2, 0) is 5.54 Å². The monoisotopic (exact) mass is 423 g/mol. The molecule has 9 heteroatoms. The van der Waals surface area contributed by atoms with Crippen LogP contribution in [0.15, 0.2) is 23.1 Å². The first-order valence-corrected chi connectivity index (χ1v) is 9.89. The van der Waals surface area contributed by atoms with E-state index in [4.69, 9.17) is 0 Å². The number of halogens is 3. The number of nitrogens with zero attached hydrogens (tertiary/aromatic N) is 2. The van der Waals surface area contributed by atoms with Gasteiger partial charge in [0.05, 0.1) is 17.1 Å². The maximum Gasteiger partial charge on any atom is 0.341 e. The van der Waals surface area contributed by atoms with Gasteiger partial charge in [0.15, 0.2) is 0 Å². The van der Waals surface area contributed by atoms with Gasteiger partial charge in [0.2, 0.25) is 5.43 Å². The highest BCUT2D eigenvalue weighted by molar-refractivity contribution is 5.93. The zero-order valence-electron chi connectivity index (χ0n) is 17.0. The Morgan fingerprint density at radius 2 is 1.97 bits per heavy atom. The molecule has 2 unspecified atom stereocenters. The minimum atomic E-state index is -2.82. The fourth-order valence-corrected chi connectivity index (χ4v) is 4.53. The van der Waals surface area contributed by atoms with Crippen molar-refractivity contribution < 1.29 is 23.1 Å². The number of pyridine rings is 1. The highest BCUT2D eigenvalue weighted by atomic mass is 19.3. The molecule has 1 aromatic heterocycles. The molecule has 1 aromatic carbocycles. The molecule has 0 spiro atoms. The molecule has 0 bridgehead atoms. The lowest BCUT2D eigenvalue weighted by Crippen LogP contribution is -2.51. The number of rotatable bonds is 2. The Hall–Kier alpha value is -2.55. The summed E-state index contributed by atoms with van der Waals surface area (Å²) in [6.45, 7) is 5.95. The zero-order chi connectivity index (χ0) is 22.0. The highest BCUT2D eigenvalue weighted by Crippen LogP contribution is 2.40. The van der Waals surface area contributed by atoms with E-state index in [0.29, 0.717) is 5.52 Å². The fraction of sp³-hybridized carbons (Fsp3) is 0.524. The molecule has 30 heavy (non-hydrogen) atoms. The van der Waals surface area contributed by atoms with Gasteiger partial charge in [-0.25, -0.2) is 18.0 Å². The minimum Gasteiger partial charge on any atom is -0.477 e. The smallest absolute Gasteiger partial charge is 0.341 e. The molecular weight excluding hydrogens is 399 g/mol. The summed E-state index contributed by atoms with van der Waals surface area (Å²) in [7, 11) is 0. The number of alkyl halides is 2. The van der Waals surface area contributed by atoms with Crippen molar-refractivity contribution in [2.24, 2.45) is 5.92 Å². The molecule has 2 atom stereocenters. The number of aromatic carboxylic acids is 1. The van der Waals surface area contributed by atoms with Crippen molar-refractivity contribution in [2.75, 3.05) is 24.5 Å². The van der Waals surface area contributed by atoms with Crippen LogP contribution in [0.5, 0.6) is 0 Å². The summed E-state index contributed by atoms with van der Waals surface area (Å²) < 4.78 is 45.3. The standard InChI is InChI=1S/C21H24F3N3O3/c1-20(2,3)27-8-12(19(29)30)18(28)11-6-14(22)17(7-16(11)27)26-9-13-15(10-26)25-5-4-21(13,23)24/h6-8,13,15,25H,4-5,9-10H2,1-3H3,(H,29,30). The van der Waals surface area contributed by atoms with Gasteiger partial charge in [-0.2, -0.15) is 0 Å². The topological polar surface area (TPSA) is 74.6 Å². The third-order valence-electron chi connectivity index (χ3n) is 6.09. The number of anilines is 1. The van der Waals surface area contributed by atoms with E-state index < -0.39 is 46.2 Å². The summed E-state index contributed by atoms with van der Waals surface area (Å²) in [5, 5.41) is 12.4. The molecule has 0 radical (unpaired) electrons. The van der Waals surface area contributed by atoms with Crippen LogP contribution < -0.4 is 15.6 Å². The molecule has 3 heterocycles. The van der Waals surface area contributed by atoms with Crippen molar-refractivity contribution in [1.82, 2.24) is 9.88 Å². The molecular formula is C21H24F3N3O3. The second-order valence-electron chi connectivity index (χ2n) is 9.12. The van der Waals surface area contributed by atoms with Crippen molar-refractivity contribution in [2.45, 2.75) is 44.7 Å². The average molecular weight is 423 g/mol. The van der Waals surface area contributed by atoms with E-state index in [1.54, 1.807) is 9.47 Å². The largest absolute Gasteiger partial charge is 0.477 e. The van der Waals surface area contributed by atoms with Crippen molar-refractivity contribution in [1.29, 1.82) is 0 Å². The number of piperidine rings is 1. The van der Waals surface area contributed by atoms with Crippen molar-refractivity contribution in [3.8, 4) is 0 Å². The first-order chi connectivity index (χ1) is 13.9. The van der Waals surface area contributed by atoms with Crippen LogP contribution in [0.25, 0.3) is 10.9 Å². The molecule has 6 nitrogen and oxygen atoms in total. The number of aromatic nitrogens is 1. The van der Waals surface area contributed by atoms with E-state index in [-0.39, 0.29) is 37.1 Å². The van der Waals surface area contributed by atoms with Crippen molar-refractivity contribution in [3.05, 3.63) is 39.9 Å². The number of fused-ring (bicyclic) bond motifs is 2. The Morgan fingerprint density at radius 1 is 1.27 bits per heavy atom. The quantitative estimate of drug-likeness (QED) is 0.777. The van der Waals surface area contributed by atoms with Gasteiger partial charge >= 0.3 is 5.97 Å². The van der Waals surface area contributed by atoms with Crippen LogP contribution in [-0.4, -0.2) is 47.2 Å². The molecule has 0 amide bonds. The van der Waals surface area contributed by atoms with Crippen LogP contribution in [0.4, 0.5) is 18.9 Å². The molecule has 0 aliphatic carbocycles. The first-order valence-electron chi connectivity index (χ1n) is 9.89. The normalized spacial score (nSPS) is 23.6. The summed E-state index contributed by atoms with van der Waals surface area (Å²) in [6, 6.07) is 2.05. The molecule has 2 fully saturated rings. The molecule has 2 aliphatic heterocycles. The van der Waals surface area contributed by atoms with E-state index in [9.17, 15) is 23.5 Å². The van der Waals surface area contributed by atoms with E-state index in [1.165, 1.54) is 12.3 Å². The molecule has 2 aromatic rings. The Bertz CT molecular complexity index is 1090. The van der Waals surface area contributed by atoms with Crippen LogP contribution >= 0.6 is 0 Å². The van der Waals surface area contributed by atoms with E-state index >= 15 is 4.39 Å². The summed E-state index contributed by atoms with van der Waals surface area (Å²) in [5.41, 5.74) is -1.32. The van der Waals surface area contributed by atoms with E-state index in [1.807, 2.05) is 20.8 Å². The second kappa shape index (κ2) is 6.73. The third kappa shape index (κ3) is 3.25. The van der Waals surface area contributed by atoms with Gasteiger partial charge in [0, 0.05) is 49.2 Å². The van der Waals surface area contributed by atoms with Crippen molar-refractivity contribution in [3.63, 3.8) is 0 Å². The van der Waals surface area contributed by atoms with Gasteiger partial charge in [0.1, 0.15) is 11.4 Å². The molecule has 4 rings (SSSR count). The first kappa shape index (κ1) is 20.7. The number of hydrogen-bond acceptors (Lipinski definition) is 4. The third-order valence-corrected chi connectivity index (χ3v) is 6.09. The molecule has 0 saturated carbocycles. The van der Waals surface area contributed by atoms with Crippen LogP contribution in [0, 0.1) is 11.7 Å². The molecule has 2 N–H and O–H groups in total. The van der Waals surface area contributed by atoms with Gasteiger partial charge in [-0.15, -0.1) is 0 Å². The summed E-state index contributed by atoms with van der Waals surface area (Å²) >= 11 is 0. The average Bonchev–Trinajstić information content (AvgIpc) is 3.06. The molecule has 2 aliphatic rings. The Balaban J connectivity index is 1.87. The van der Waals surface area contributed by atoms with Gasteiger partial charge in [-0.05, 0) is 32.9 Å². The zero-order valence-corrected chi connectivity index (χ0v) is 17.0. The van der Waals surface area contributed by atoms with Gasteiger partial charge in [-0.1, -0.05) is 0 Å². The predicted molar refractivity (Wildman–Crippen MR) is 107 cm³/mol. The summed E-state index contributed by atoms with van der Waals surface area (Å²) in [6.07, 6.45) is 1.01. The van der Waals surface area contributed by atoms with Crippen LogP contribution in [0.1, 0.15) is 37.6 Å². The van der Waals surface area contributed by atoms with Gasteiger partial charge in [0.25, 0.3) is 5.92 Å². The number of hydrogen-bond donors (Lipinski definition) is 2. The number of nitrogens with one attached hydrogen (secondary N) is 1. The Labute approximate surface area is 171 Å². The number of carboxylic acids is 1. The van der Waals surface area contributed by atoms with Gasteiger partial charge < -0.3 is 19.9 Å². The van der Waals surface area contributed by atoms with Crippen LogP contribution in [0.2, 0.25) is 0 Å². The Kier molecular flexibility index (Phi) is 4.65. The highest BCUT2D eigenvalue weighted by Gasteiger charge is 2.51. The predicted octanol–water partition coefficient (Wildman–Crippen LogP) is 3.03. The van der Waals surface area contributed by atoms with E-state index in [0.717, 1.165) is 6.07 Å². The second-order valence-corrected chi connectivity index (χ2v) is 9.12. The number of carboxylic acid groups (broad SMARTS) is 1. The summed E-state index contributed by atoms with van der Waals surface area (Å²) in [4.78, 5) is 25.7. The fourth-order valence-electron chi connectivity index (χ4n) is 4.53. The minimum absolute atomic E-state index is 0.0000524. The van der Waals surface area contributed by atoms with E-state index in [2.05, 4.69) is 5.32 Å². The van der Waals surface area contributed by atoms with Gasteiger partial charge in [-0.3, -0.25) is 4.79 Å². The van der Waals surface area contributed by atoms with Crippen LogP contribution in [0.3, 0.4) is 0 Å².